The summed E-state index contributed by atoms with van der Waals surface area (Å²) in [5.74, 6) is 2.49. The van der Waals surface area contributed by atoms with Crippen LogP contribution in [0.5, 0.6) is 0 Å². The van der Waals surface area contributed by atoms with Crippen LogP contribution in [0.15, 0.2) is 88.1 Å². The molecule has 2 aliphatic rings. The van der Waals surface area contributed by atoms with Gasteiger partial charge < -0.3 is 25.6 Å². The van der Waals surface area contributed by atoms with Crippen LogP contribution in [0, 0.1) is 5.92 Å². The zero-order valence-corrected chi connectivity index (χ0v) is 22.6. The third-order valence-electron chi connectivity index (χ3n) is 6.66. The second kappa shape index (κ2) is 11.7. The van der Waals surface area contributed by atoms with Gasteiger partial charge in [0.1, 0.15) is 17.7 Å². The number of nitrogens with zero attached hydrogens (tertiary/aromatic N) is 2. The number of thiazole rings is 1. The highest BCUT2D eigenvalue weighted by atomic mass is 32.1. The minimum atomic E-state index is 0.138. The van der Waals surface area contributed by atoms with Crippen molar-refractivity contribution in [2.45, 2.75) is 39.2 Å². The van der Waals surface area contributed by atoms with E-state index in [1.54, 1.807) is 0 Å². The lowest BCUT2D eigenvalue weighted by Gasteiger charge is -2.28. The lowest BCUT2D eigenvalue weighted by molar-refractivity contribution is 0.0984. The Morgan fingerprint density at radius 2 is 2.18 bits per heavy atom. The molecular weight excluding hydrogens is 496 g/mol. The third kappa shape index (κ3) is 6.17. The maximum absolute atomic E-state index is 6.59. The largest absolute Gasteiger partial charge is 0.490 e. The summed E-state index contributed by atoms with van der Waals surface area (Å²) in [7, 11) is 0. The highest BCUT2D eigenvalue weighted by molar-refractivity contribution is 7.16. The fourth-order valence-corrected chi connectivity index (χ4v) is 5.09. The number of nitrogens with two attached hydrogens (primary N) is 1. The van der Waals surface area contributed by atoms with Crippen LogP contribution < -0.4 is 16.4 Å². The Labute approximate surface area is 227 Å². The van der Waals surface area contributed by atoms with Crippen molar-refractivity contribution < 1.29 is 9.26 Å². The van der Waals surface area contributed by atoms with E-state index >= 15 is 0 Å². The number of hydrogen-bond donors (Lipinski definition) is 4. The molecule has 2 aromatic heterocycles. The van der Waals surface area contributed by atoms with Gasteiger partial charge in [0, 0.05) is 29.1 Å². The number of aliphatic imine (C=N–C) groups is 1. The van der Waals surface area contributed by atoms with Gasteiger partial charge in [-0.15, -0.1) is 0 Å². The Hall–Kier alpha value is -3.82. The molecular formula is C29H34N6O2S. The van der Waals surface area contributed by atoms with Crippen molar-refractivity contribution in [3.63, 3.8) is 0 Å². The van der Waals surface area contributed by atoms with Crippen LogP contribution in [0.3, 0.4) is 0 Å². The number of H-pyrrole nitrogens is 1. The highest BCUT2D eigenvalue weighted by Gasteiger charge is 2.25. The average molecular weight is 531 g/mol. The van der Waals surface area contributed by atoms with Crippen molar-refractivity contribution in [2.24, 2.45) is 10.9 Å². The van der Waals surface area contributed by atoms with Gasteiger partial charge in [-0.1, -0.05) is 56.4 Å². The van der Waals surface area contributed by atoms with Gasteiger partial charge in [-0.25, -0.2) is 15.1 Å². The minimum absolute atomic E-state index is 0.138. The van der Waals surface area contributed by atoms with E-state index in [4.69, 9.17) is 20.0 Å². The van der Waals surface area contributed by atoms with Crippen molar-refractivity contribution in [3.05, 3.63) is 83.5 Å². The summed E-state index contributed by atoms with van der Waals surface area (Å²) in [5.41, 5.74) is 10.7. The number of nitrogen functional groups attached to an aromatic ring is 1. The number of allylic oxidation sites excluding steroid dienone is 5. The lowest BCUT2D eigenvalue weighted by atomic mass is 9.93. The lowest BCUT2D eigenvalue weighted by Crippen LogP contribution is -2.32. The van der Waals surface area contributed by atoms with Crippen molar-refractivity contribution >= 4 is 33.4 Å². The third-order valence-corrected chi connectivity index (χ3v) is 7.52. The molecule has 5 N–H and O–H groups in total. The topological polar surface area (TPSA) is 113 Å². The maximum atomic E-state index is 6.59. The van der Waals surface area contributed by atoms with Gasteiger partial charge in [0.2, 0.25) is 0 Å². The predicted octanol–water partition coefficient (Wildman–Crippen LogP) is 6.36. The molecule has 0 radical (unpaired) electrons. The van der Waals surface area contributed by atoms with Crippen LogP contribution in [0.1, 0.15) is 38.0 Å². The molecule has 8 nitrogen and oxygen atoms in total. The van der Waals surface area contributed by atoms with Crippen molar-refractivity contribution in [1.82, 2.24) is 15.5 Å². The smallest absolute Gasteiger partial charge is 0.181 e. The van der Waals surface area contributed by atoms with Crippen molar-refractivity contribution in [1.29, 1.82) is 0 Å². The molecule has 3 heterocycles. The minimum Gasteiger partial charge on any atom is -0.490 e. The van der Waals surface area contributed by atoms with E-state index < -0.39 is 0 Å². The fourth-order valence-electron chi connectivity index (χ4n) is 4.39. The number of aromatic nitrogens is 2. The molecule has 0 bridgehead atoms. The van der Waals surface area contributed by atoms with E-state index in [2.05, 4.69) is 53.4 Å². The van der Waals surface area contributed by atoms with E-state index in [0.717, 1.165) is 76.9 Å². The van der Waals surface area contributed by atoms with Gasteiger partial charge in [-0.3, -0.25) is 0 Å². The normalized spacial score (nSPS) is 19.3. The van der Waals surface area contributed by atoms with Gasteiger partial charge in [0.25, 0.3) is 0 Å². The second-order valence-corrected chi connectivity index (χ2v) is 10.6. The molecule has 0 saturated carbocycles. The number of ether oxygens (including phenoxy) is 1. The van der Waals surface area contributed by atoms with Crippen LogP contribution in [-0.4, -0.2) is 35.0 Å². The first kappa shape index (κ1) is 25.8. The van der Waals surface area contributed by atoms with Gasteiger partial charge in [0.15, 0.2) is 10.9 Å². The van der Waals surface area contributed by atoms with Crippen molar-refractivity contribution in [3.8, 4) is 11.3 Å². The molecule has 198 valence electrons. The Kier molecular flexibility index (Phi) is 7.95. The molecule has 1 saturated heterocycles. The van der Waals surface area contributed by atoms with Crippen LogP contribution in [0.25, 0.3) is 16.9 Å². The van der Waals surface area contributed by atoms with E-state index in [1.165, 1.54) is 11.3 Å². The fraction of sp³-hybridized carbons (Fsp3) is 0.310. The maximum Gasteiger partial charge on any atom is 0.181 e. The van der Waals surface area contributed by atoms with Crippen LogP contribution >= 0.6 is 11.3 Å². The first-order valence-electron chi connectivity index (χ1n) is 13.0. The summed E-state index contributed by atoms with van der Waals surface area (Å²) in [4.78, 5) is 10.2. The molecule has 9 heteroatoms. The van der Waals surface area contributed by atoms with E-state index in [1.807, 2.05) is 42.7 Å². The zero-order chi connectivity index (χ0) is 26.5. The molecule has 3 aromatic rings. The predicted molar refractivity (Wildman–Crippen MR) is 156 cm³/mol. The number of nitrogens with one attached hydrogen (secondary N) is 3. The summed E-state index contributed by atoms with van der Waals surface area (Å²) >= 11 is 1.46. The number of rotatable bonds is 9. The number of hydrogen-bond acceptors (Lipinski definition) is 8. The average Bonchev–Trinajstić information content (AvgIpc) is 3.31. The van der Waals surface area contributed by atoms with Crippen LogP contribution in [-0.2, 0) is 4.74 Å². The van der Waals surface area contributed by atoms with Crippen molar-refractivity contribution in [2.75, 3.05) is 24.1 Å². The molecule has 5 rings (SSSR count). The summed E-state index contributed by atoms with van der Waals surface area (Å²) in [6.07, 6.45) is 13.1. The molecule has 38 heavy (non-hydrogen) atoms. The Morgan fingerprint density at radius 3 is 2.87 bits per heavy atom. The highest BCUT2D eigenvalue weighted by Crippen LogP contribution is 2.36. The number of aromatic amines is 1. The van der Waals surface area contributed by atoms with Crippen LogP contribution in [0.4, 0.5) is 10.8 Å². The Morgan fingerprint density at radius 1 is 1.37 bits per heavy atom. The van der Waals surface area contributed by atoms with E-state index in [9.17, 15) is 0 Å². The molecule has 0 amide bonds. The number of piperidine rings is 1. The molecule has 0 spiro atoms. The monoisotopic (exact) mass is 530 g/mol. The number of anilines is 2. The molecule has 1 atom stereocenters. The van der Waals surface area contributed by atoms with Gasteiger partial charge in [-0.2, -0.15) is 0 Å². The van der Waals surface area contributed by atoms with Crippen LogP contribution in [0.2, 0.25) is 0 Å². The molecule has 1 aliphatic heterocycles. The van der Waals surface area contributed by atoms with E-state index in [-0.39, 0.29) is 6.10 Å². The molecule has 1 aliphatic carbocycles. The molecule has 1 aromatic carbocycles. The van der Waals surface area contributed by atoms with Gasteiger partial charge in [-0.05, 0) is 55.6 Å². The van der Waals surface area contributed by atoms with Gasteiger partial charge >= 0.3 is 0 Å². The zero-order valence-electron chi connectivity index (χ0n) is 21.8. The number of benzene rings is 1. The Balaban J connectivity index is 1.48. The SMILES string of the molecule is C=C(N=C1C=C(OC2CCNCC2)C(c2cnc(N)s2)=C/C1=C/C(C)CC)Nc1cccc(-c2c[nH]o2)c1. The first-order chi connectivity index (χ1) is 18.5. The Bertz CT molecular complexity index is 1390. The molecule has 1 unspecified atom stereocenters. The molecule has 1 fully saturated rings. The first-order valence-corrected chi connectivity index (χ1v) is 13.8. The van der Waals surface area contributed by atoms with Gasteiger partial charge in [0.05, 0.1) is 16.8 Å². The quantitative estimate of drug-likeness (QED) is 0.256. The summed E-state index contributed by atoms with van der Waals surface area (Å²) in [6, 6.07) is 7.94. The summed E-state index contributed by atoms with van der Waals surface area (Å²) in [6.45, 7) is 10.5. The second-order valence-electron chi connectivity index (χ2n) is 9.58. The summed E-state index contributed by atoms with van der Waals surface area (Å²) in [5, 5.41) is 9.95. The summed E-state index contributed by atoms with van der Waals surface area (Å²) < 4.78 is 11.9. The standard InChI is InChI=1S/C29H34N6O2S/c1-4-18(2)12-21-14-24(28-17-32-29(30)38-28)26(36-23-8-10-31-11-9-23)15-25(21)35-19(3)34-22-7-5-6-20(13-22)27-16-33-37-27/h5-7,12-18,23,31,33-34H,3-4,8-11H2,1-2H3,(H2,30,32)/b21-12-,35-25?. The van der Waals surface area contributed by atoms with E-state index in [0.29, 0.717) is 16.9 Å².